The van der Waals surface area contributed by atoms with Crippen molar-refractivity contribution in [1.82, 2.24) is 5.32 Å². The van der Waals surface area contributed by atoms with Gasteiger partial charge in [0.05, 0.1) is 19.3 Å². The third kappa shape index (κ3) is 6.16. The molecule has 1 aliphatic rings. The van der Waals surface area contributed by atoms with E-state index in [1.165, 1.54) is 30.4 Å². The van der Waals surface area contributed by atoms with Crippen molar-refractivity contribution in [2.24, 2.45) is 0 Å². The minimum Gasteiger partial charge on any atom is -0.376 e. The van der Waals surface area contributed by atoms with Crippen molar-refractivity contribution in [2.45, 2.75) is 51.7 Å². The van der Waals surface area contributed by atoms with Crippen molar-refractivity contribution in [2.75, 3.05) is 26.3 Å². The zero-order valence-electron chi connectivity index (χ0n) is 13.3. The topological polar surface area (TPSA) is 30.5 Å². The molecule has 0 amide bonds. The van der Waals surface area contributed by atoms with Gasteiger partial charge in [-0.2, -0.15) is 0 Å². The Morgan fingerprint density at radius 3 is 2.81 bits per heavy atom. The third-order valence-corrected chi connectivity index (χ3v) is 3.95. The lowest BCUT2D eigenvalue weighted by Gasteiger charge is -2.22. The highest BCUT2D eigenvalue weighted by molar-refractivity contribution is 5.26. The molecule has 3 nitrogen and oxygen atoms in total. The summed E-state index contributed by atoms with van der Waals surface area (Å²) >= 11 is 0. The average Bonchev–Trinajstić information content (AvgIpc) is 2.54. The van der Waals surface area contributed by atoms with Crippen LogP contribution in [0.4, 0.5) is 0 Å². The number of rotatable bonds is 9. The van der Waals surface area contributed by atoms with Crippen LogP contribution >= 0.6 is 0 Å². The van der Waals surface area contributed by atoms with Crippen molar-refractivity contribution in [3.8, 4) is 0 Å². The Morgan fingerprint density at radius 2 is 2.05 bits per heavy atom. The van der Waals surface area contributed by atoms with E-state index in [1.807, 2.05) is 0 Å². The number of hydrogen-bond donors (Lipinski definition) is 1. The first-order valence-corrected chi connectivity index (χ1v) is 8.37. The summed E-state index contributed by atoms with van der Waals surface area (Å²) in [4.78, 5) is 0. The molecule has 1 N–H and O–H groups in total. The van der Waals surface area contributed by atoms with E-state index >= 15 is 0 Å². The maximum Gasteiger partial charge on any atom is 0.0808 e. The normalized spacial score (nSPS) is 18.8. The van der Waals surface area contributed by atoms with Gasteiger partial charge < -0.3 is 14.8 Å². The molecule has 0 radical (unpaired) electrons. The van der Waals surface area contributed by atoms with Crippen molar-refractivity contribution in [3.05, 3.63) is 35.4 Å². The van der Waals surface area contributed by atoms with Gasteiger partial charge in [0.2, 0.25) is 0 Å². The zero-order valence-corrected chi connectivity index (χ0v) is 13.3. The molecular formula is C18H29NO2. The average molecular weight is 291 g/mol. The first-order valence-electron chi connectivity index (χ1n) is 8.37. The molecule has 1 aliphatic heterocycles. The van der Waals surface area contributed by atoms with Gasteiger partial charge in [-0.1, -0.05) is 31.2 Å². The number of ether oxygens (including phenoxy) is 2. The summed E-state index contributed by atoms with van der Waals surface area (Å²) in [6.07, 6.45) is 6.17. The molecule has 21 heavy (non-hydrogen) atoms. The van der Waals surface area contributed by atoms with Gasteiger partial charge in [-0.3, -0.25) is 0 Å². The number of nitrogens with one attached hydrogen (secondary N) is 1. The van der Waals surface area contributed by atoms with Gasteiger partial charge in [-0.05, 0) is 56.3 Å². The first-order chi connectivity index (χ1) is 10.4. The maximum absolute atomic E-state index is 5.88. The van der Waals surface area contributed by atoms with E-state index < -0.39 is 0 Å². The first kappa shape index (κ1) is 16.5. The molecule has 0 spiro atoms. The van der Waals surface area contributed by atoms with E-state index in [0.29, 0.717) is 12.7 Å². The van der Waals surface area contributed by atoms with Crippen LogP contribution in [0.5, 0.6) is 0 Å². The minimum absolute atomic E-state index is 0.303. The van der Waals surface area contributed by atoms with Crippen LogP contribution in [0.2, 0.25) is 0 Å². The second kappa shape index (κ2) is 9.93. The van der Waals surface area contributed by atoms with E-state index in [0.717, 1.165) is 39.1 Å². The van der Waals surface area contributed by atoms with Gasteiger partial charge in [0, 0.05) is 6.61 Å². The molecule has 118 valence electrons. The molecular weight excluding hydrogens is 262 g/mol. The summed E-state index contributed by atoms with van der Waals surface area (Å²) < 4.78 is 11.6. The Hall–Kier alpha value is -0.900. The second-order valence-electron chi connectivity index (χ2n) is 5.77. The van der Waals surface area contributed by atoms with E-state index in [4.69, 9.17) is 9.47 Å². The van der Waals surface area contributed by atoms with Gasteiger partial charge in [0.25, 0.3) is 0 Å². The Labute approximate surface area is 129 Å². The summed E-state index contributed by atoms with van der Waals surface area (Å²) in [5.41, 5.74) is 2.71. The SMILES string of the molecule is CCCNCCc1ccccc1COCC1CCCCO1. The molecule has 0 saturated carbocycles. The van der Waals surface area contributed by atoms with Gasteiger partial charge >= 0.3 is 0 Å². The lowest BCUT2D eigenvalue weighted by Crippen LogP contribution is -2.24. The molecule has 1 heterocycles. The Bertz CT molecular complexity index is 389. The Kier molecular flexibility index (Phi) is 7.79. The predicted molar refractivity (Wildman–Crippen MR) is 86.6 cm³/mol. The van der Waals surface area contributed by atoms with E-state index in [2.05, 4.69) is 36.5 Å². The van der Waals surface area contributed by atoms with Gasteiger partial charge in [-0.15, -0.1) is 0 Å². The summed E-state index contributed by atoms with van der Waals surface area (Å²) in [6, 6.07) is 8.60. The van der Waals surface area contributed by atoms with Crippen LogP contribution in [0.3, 0.4) is 0 Å². The molecule has 0 aliphatic carbocycles. The summed E-state index contributed by atoms with van der Waals surface area (Å²) in [6.45, 7) is 6.65. The van der Waals surface area contributed by atoms with Crippen molar-refractivity contribution in [3.63, 3.8) is 0 Å². The highest BCUT2D eigenvalue weighted by Crippen LogP contribution is 2.15. The predicted octanol–water partition coefficient (Wildman–Crippen LogP) is 3.31. The molecule has 1 aromatic carbocycles. The van der Waals surface area contributed by atoms with Crippen LogP contribution < -0.4 is 5.32 Å². The smallest absolute Gasteiger partial charge is 0.0808 e. The number of benzene rings is 1. The lowest BCUT2D eigenvalue weighted by molar-refractivity contribution is -0.0448. The van der Waals surface area contributed by atoms with Crippen LogP contribution in [0.1, 0.15) is 43.7 Å². The van der Waals surface area contributed by atoms with Crippen LogP contribution in [0, 0.1) is 0 Å². The molecule has 1 aromatic rings. The Morgan fingerprint density at radius 1 is 1.19 bits per heavy atom. The van der Waals surface area contributed by atoms with E-state index in [-0.39, 0.29) is 0 Å². The maximum atomic E-state index is 5.88. The van der Waals surface area contributed by atoms with Crippen LogP contribution in [-0.4, -0.2) is 32.4 Å². The molecule has 0 bridgehead atoms. The van der Waals surface area contributed by atoms with Gasteiger partial charge in [0.15, 0.2) is 0 Å². The standard InChI is InChI=1S/C18H29NO2/c1-2-11-19-12-10-16-7-3-4-8-17(16)14-20-15-18-9-5-6-13-21-18/h3-4,7-8,18-19H,2,5-6,9-15H2,1H3. The molecule has 0 aromatic heterocycles. The van der Waals surface area contributed by atoms with Crippen molar-refractivity contribution < 1.29 is 9.47 Å². The highest BCUT2D eigenvalue weighted by atomic mass is 16.5. The van der Waals surface area contributed by atoms with Crippen molar-refractivity contribution >= 4 is 0 Å². The fourth-order valence-corrected chi connectivity index (χ4v) is 2.71. The molecule has 1 unspecified atom stereocenters. The number of hydrogen-bond acceptors (Lipinski definition) is 3. The lowest BCUT2D eigenvalue weighted by atomic mass is 10.1. The third-order valence-electron chi connectivity index (χ3n) is 3.95. The fourth-order valence-electron chi connectivity index (χ4n) is 2.71. The highest BCUT2D eigenvalue weighted by Gasteiger charge is 2.13. The fraction of sp³-hybridized carbons (Fsp3) is 0.667. The molecule has 3 heteroatoms. The molecule has 1 saturated heterocycles. The molecule has 2 rings (SSSR count). The van der Waals surface area contributed by atoms with Crippen LogP contribution in [0.25, 0.3) is 0 Å². The quantitative estimate of drug-likeness (QED) is 0.708. The second-order valence-corrected chi connectivity index (χ2v) is 5.77. The van der Waals surface area contributed by atoms with E-state index in [9.17, 15) is 0 Å². The van der Waals surface area contributed by atoms with Crippen LogP contribution in [0.15, 0.2) is 24.3 Å². The molecule has 1 fully saturated rings. The largest absolute Gasteiger partial charge is 0.376 e. The summed E-state index contributed by atoms with van der Waals surface area (Å²) in [5, 5.41) is 3.46. The summed E-state index contributed by atoms with van der Waals surface area (Å²) in [5.74, 6) is 0. The van der Waals surface area contributed by atoms with E-state index in [1.54, 1.807) is 0 Å². The van der Waals surface area contributed by atoms with Gasteiger partial charge in [-0.25, -0.2) is 0 Å². The zero-order chi connectivity index (χ0) is 14.8. The monoisotopic (exact) mass is 291 g/mol. The summed E-state index contributed by atoms with van der Waals surface area (Å²) in [7, 11) is 0. The Balaban J connectivity index is 1.73. The minimum atomic E-state index is 0.303. The van der Waals surface area contributed by atoms with Gasteiger partial charge in [0.1, 0.15) is 0 Å². The molecule has 1 atom stereocenters. The van der Waals surface area contributed by atoms with Crippen LogP contribution in [-0.2, 0) is 22.5 Å². The van der Waals surface area contributed by atoms with Crippen molar-refractivity contribution in [1.29, 1.82) is 0 Å².